The lowest BCUT2D eigenvalue weighted by Crippen LogP contribution is -2.52. The van der Waals surface area contributed by atoms with E-state index in [1.54, 1.807) is 13.8 Å². The fraction of sp³-hybridized carbons (Fsp3) is 0.857. The third-order valence-electron chi connectivity index (χ3n) is 3.24. The van der Waals surface area contributed by atoms with E-state index in [4.69, 9.17) is 5.73 Å². The average molecular weight is 372 g/mol. The van der Waals surface area contributed by atoms with Crippen molar-refractivity contribution in [2.24, 2.45) is 11.1 Å². The highest BCUT2D eigenvalue weighted by Gasteiger charge is 2.29. The van der Waals surface area contributed by atoms with Crippen LogP contribution < -0.4 is 16.4 Å². The first kappa shape index (κ1) is 24.1. The van der Waals surface area contributed by atoms with Gasteiger partial charge in [-0.2, -0.15) is 25.3 Å². The van der Waals surface area contributed by atoms with Gasteiger partial charge in [-0.05, 0) is 19.4 Å². The van der Waals surface area contributed by atoms with Crippen LogP contribution in [0.4, 0.5) is 0 Å². The number of nitrogens with two attached hydrogens (primary N) is 1. The maximum atomic E-state index is 12.0. The molecular weight excluding hydrogens is 342 g/mol. The van der Waals surface area contributed by atoms with Crippen LogP contribution in [0.25, 0.3) is 0 Å². The Hall–Kier alpha value is -0.110. The van der Waals surface area contributed by atoms with E-state index in [-0.39, 0.29) is 30.0 Å². The van der Waals surface area contributed by atoms with Crippen LogP contribution in [0.3, 0.4) is 0 Å². The molecular formula is C14H30ClN3O2S2. The van der Waals surface area contributed by atoms with Crippen molar-refractivity contribution in [1.29, 1.82) is 0 Å². The van der Waals surface area contributed by atoms with Crippen LogP contribution in [0, 0.1) is 5.41 Å². The molecule has 0 aromatic heterocycles. The summed E-state index contributed by atoms with van der Waals surface area (Å²) in [7, 11) is 0. The second-order valence-corrected chi connectivity index (χ2v) is 6.43. The number of amides is 2. The number of thiol groups is 2. The molecule has 0 rings (SSSR count). The Kier molecular flexibility index (Phi) is 14.6. The molecule has 4 N–H and O–H groups in total. The second kappa shape index (κ2) is 13.3. The Morgan fingerprint density at radius 1 is 1.14 bits per heavy atom. The first-order valence-electron chi connectivity index (χ1n) is 7.39. The van der Waals surface area contributed by atoms with Crippen LogP contribution >= 0.6 is 37.7 Å². The van der Waals surface area contributed by atoms with Crippen molar-refractivity contribution >= 4 is 49.5 Å². The molecule has 0 aromatic rings. The molecule has 0 saturated carbocycles. The molecule has 0 aliphatic rings. The smallest absolute Gasteiger partial charge is 0.243 e. The molecule has 0 saturated heterocycles. The molecule has 132 valence electrons. The van der Waals surface area contributed by atoms with E-state index >= 15 is 0 Å². The minimum atomic E-state index is -0.607. The summed E-state index contributed by atoms with van der Waals surface area (Å²) in [4.78, 5) is 24.0. The summed E-state index contributed by atoms with van der Waals surface area (Å²) in [6.07, 6.45) is 4.06. The Morgan fingerprint density at radius 2 is 1.73 bits per heavy atom. The lowest BCUT2D eigenvalue weighted by atomic mass is 9.95. The summed E-state index contributed by atoms with van der Waals surface area (Å²) in [5, 5.41) is 5.56. The number of nitrogens with one attached hydrogen (secondary N) is 2. The van der Waals surface area contributed by atoms with Crippen LogP contribution in [0.2, 0.25) is 0 Å². The van der Waals surface area contributed by atoms with Gasteiger partial charge in [-0.15, -0.1) is 12.4 Å². The lowest BCUT2D eigenvalue weighted by Gasteiger charge is -2.24. The quantitative estimate of drug-likeness (QED) is 0.281. The van der Waals surface area contributed by atoms with Crippen molar-refractivity contribution in [3.63, 3.8) is 0 Å². The maximum Gasteiger partial charge on any atom is 0.243 e. The standard InChI is InChI=1S/C14H29N3O2S2.ClH/c1-14(2,10-21)13(19)17-11(9-20)12(18)16-8-6-4-3-5-7-15;/h11,20-21H,3-10,15H2,1-2H3,(H,16,18)(H,17,19);1H. The predicted molar refractivity (Wildman–Crippen MR) is 101 cm³/mol. The Balaban J connectivity index is 0. The van der Waals surface area contributed by atoms with Gasteiger partial charge in [0, 0.05) is 18.1 Å². The second-order valence-electron chi connectivity index (χ2n) is 5.74. The van der Waals surface area contributed by atoms with Crippen molar-refractivity contribution < 1.29 is 9.59 Å². The van der Waals surface area contributed by atoms with Gasteiger partial charge in [-0.1, -0.05) is 26.7 Å². The van der Waals surface area contributed by atoms with Crippen LogP contribution in [0.15, 0.2) is 0 Å². The molecule has 1 unspecified atom stereocenters. The summed E-state index contributed by atoms with van der Waals surface area (Å²) in [6.45, 7) is 4.90. The molecule has 0 aromatic carbocycles. The average Bonchev–Trinajstić information content (AvgIpc) is 2.47. The fourth-order valence-electron chi connectivity index (χ4n) is 1.58. The van der Waals surface area contributed by atoms with Crippen LogP contribution in [0.5, 0.6) is 0 Å². The van der Waals surface area contributed by atoms with E-state index in [0.29, 0.717) is 18.8 Å². The van der Waals surface area contributed by atoms with Gasteiger partial charge in [0.15, 0.2) is 0 Å². The number of carbonyl (C=O) groups excluding carboxylic acids is 2. The lowest BCUT2D eigenvalue weighted by molar-refractivity contribution is -0.132. The van der Waals surface area contributed by atoms with Gasteiger partial charge in [0.25, 0.3) is 0 Å². The number of hydrogen-bond donors (Lipinski definition) is 5. The van der Waals surface area contributed by atoms with Crippen molar-refractivity contribution in [1.82, 2.24) is 10.6 Å². The normalized spacial score (nSPS) is 12.2. The van der Waals surface area contributed by atoms with E-state index in [1.807, 2.05) is 0 Å². The number of rotatable bonds is 11. The zero-order valence-corrected chi connectivity index (χ0v) is 16.0. The zero-order valence-electron chi connectivity index (χ0n) is 13.4. The number of hydrogen-bond acceptors (Lipinski definition) is 5. The van der Waals surface area contributed by atoms with E-state index in [2.05, 4.69) is 35.9 Å². The monoisotopic (exact) mass is 371 g/mol. The van der Waals surface area contributed by atoms with Gasteiger partial charge in [-0.3, -0.25) is 9.59 Å². The molecule has 0 fully saturated rings. The summed E-state index contributed by atoms with van der Waals surface area (Å²) in [6, 6.07) is -0.607. The van der Waals surface area contributed by atoms with Crippen LogP contribution in [-0.2, 0) is 9.59 Å². The summed E-state index contributed by atoms with van der Waals surface area (Å²) >= 11 is 8.29. The van der Waals surface area contributed by atoms with Crippen molar-refractivity contribution in [3.8, 4) is 0 Å². The highest BCUT2D eigenvalue weighted by Crippen LogP contribution is 2.17. The molecule has 8 heteroatoms. The van der Waals surface area contributed by atoms with Crippen LogP contribution in [-0.4, -0.2) is 42.5 Å². The first-order valence-corrected chi connectivity index (χ1v) is 8.66. The summed E-state index contributed by atoms with van der Waals surface area (Å²) in [5.41, 5.74) is 4.81. The van der Waals surface area contributed by atoms with E-state index < -0.39 is 11.5 Å². The van der Waals surface area contributed by atoms with Crippen molar-refractivity contribution in [2.75, 3.05) is 24.6 Å². The largest absolute Gasteiger partial charge is 0.354 e. The van der Waals surface area contributed by atoms with Gasteiger partial charge < -0.3 is 16.4 Å². The van der Waals surface area contributed by atoms with Crippen LogP contribution in [0.1, 0.15) is 39.5 Å². The number of unbranched alkanes of at least 4 members (excludes halogenated alkanes) is 3. The molecule has 0 radical (unpaired) electrons. The Labute approximate surface area is 151 Å². The molecule has 0 spiro atoms. The van der Waals surface area contributed by atoms with Crippen molar-refractivity contribution in [3.05, 3.63) is 0 Å². The first-order chi connectivity index (χ1) is 9.88. The Bertz CT molecular complexity index is 331. The fourth-order valence-corrected chi connectivity index (χ4v) is 1.98. The minimum absolute atomic E-state index is 0. The number of carbonyl (C=O) groups is 2. The maximum absolute atomic E-state index is 12.0. The summed E-state index contributed by atoms with van der Waals surface area (Å²) in [5.74, 6) is 0.315. The predicted octanol–water partition coefficient (Wildman–Crippen LogP) is 1.41. The SMILES string of the molecule is CC(C)(CS)C(=O)NC(CS)C(=O)NCCCCCCN.Cl. The number of halogens is 1. The topological polar surface area (TPSA) is 84.2 Å². The highest BCUT2D eigenvalue weighted by atomic mass is 35.5. The molecule has 0 aliphatic carbocycles. The van der Waals surface area contributed by atoms with Crippen molar-refractivity contribution in [2.45, 2.75) is 45.6 Å². The molecule has 0 heterocycles. The van der Waals surface area contributed by atoms with Gasteiger partial charge in [0.2, 0.25) is 11.8 Å². The third kappa shape index (κ3) is 9.82. The van der Waals surface area contributed by atoms with Gasteiger partial charge in [-0.25, -0.2) is 0 Å². The summed E-state index contributed by atoms with van der Waals surface area (Å²) < 4.78 is 0. The van der Waals surface area contributed by atoms with Gasteiger partial charge >= 0.3 is 0 Å². The Morgan fingerprint density at radius 3 is 2.23 bits per heavy atom. The molecule has 22 heavy (non-hydrogen) atoms. The molecule has 5 nitrogen and oxygen atoms in total. The van der Waals surface area contributed by atoms with E-state index in [1.165, 1.54) is 0 Å². The van der Waals surface area contributed by atoms with E-state index in [9.17, 15) is 9.59 Å². The third-order valence-corrected chi connectivity index (χ3v) is 4.40. The van der Waals surface area contributed by atoms with Gasteiger partial charge in [0.05, 0.1) is 5.41 Å². The molecule has 1 atom stereocenters. The molecule has 0 bridgehead atoms. The zero-order chi connectivity index (χ0) is 16.3. The highest BCUT2D eigenvalue weighted by molar-refractivity contribution is 7.80. The van der Waals surface area contributed by atoms with Gasteiger partial charge in [0.1, 0.15) is 6.04 Å². The molecule has 0 aliphatic heterocycles. The van der Waals surface area contributed by atoms with E-state index in [0.717, 1.165) is 25.7 Å². The minimum Gasteiger partial charge on any atom is -0.354 e. The molecule has 2 amide bonds.